The fraction of sp³-hybridized carbons (Fsp3) is 0.467. The maximum atomic E-state index is 12.6. The summed E-state index contributed by atoms with van der Waals surface area (Å²) in [7, 11) is -3.46. The zero-order valence-corrected chi connectivity index (χ0v) is 12.9. The number of hydrogen-bond acceptors (Lipinski definition) is 4. The van der Waals surface area contributed by atoms with Crippen LogP contribution in [-0.2, 0) is 14.8 Å². The van der Waals surface area contributed by atoms with Gasteiger partial charge >= 0.3 is 0 Å². The molecule has 0 radical (unpaired) electrons. The Labute approximate surface area is 126 Å². The van der Waals surface area contributed by atoms with E-state index in [0.717, 1.165) is 12.0 Å². The Hall–Kier alpha value is -1.39. The molecule has 5 nitrogen and oxygen atoms in total. The predicted molar refractivity (Wildman–Crippen MR) is 81.2 cm³/mol. The average molecular weight is 308 g/mol. The summed E-state index contributed by atoms with van der Waals surface area (Å²) in [5.41, 5.74) is 6.07. The van der Waals surface area contributed by atoms with Gasteiger partial charge in [0, 0.05) is 18.7 Å². The van der Waals surface area contributed by atoms with Crippen molar-refractivity contribution in [1.29, 1.82) is 0 Å². The molecule has 1 saturated heterocycles. The highest BCUT2D eigenvalue weighted by atomic mass is 32.2. The third-order valence-electron chi connectivity index (χ3n) is 3.38. The first-order valence-electron chi connectivity index (χ1n) is 6.98. The minimum atomic E-state index is -3.46. The lowest BCUT2D eigenvalue weighted by atomic mass is 10.2. The van der Waals surface area contributed by atoms with E-state index in [1.807, 2.05) is 6.92 Å². The van der Waals surface area contributed by atoms with Crippen LogP contribution in [0.15, 0.2) is 29.2 Å². The molecule has 2 N–H and O–H groups in total. The first-order valence-corrected chi connectivity index (χ1v) is 8.42. The number of hydrogen-bond donors (Lipinski definition) is 1. The molecule has 1 fully saturated rings. The Morgan fingerprint density at radius 2 is 2.10 bits per heavy atom. The molecule has 21 heavy (non-hydrogen) atoms. The first-order chi connectivity index (χ1) is 10.1. The second-order valence-corrected chi connectivity index (χ2v) is 6.73. The van der Waals surface area contributed by atoms with Crippen LogP contribution in [0.4, 0.5) is 0 Å². The van der Waals surface area contributed by atoms with Crippen LogP contribution in [0.2, 0.25) is 0 Å². The van der Waals surface area contributed by atoms with Gasteiger partial charge in [0.05, 0.1) is 24.2 Å². The van der Waals surface area contributed by atoms with Crippen molar-refractivity contribution in [1.82, 2.24) is 4.31 Å². The molecule has 1 aromatic carbocycles. The van der Waals surface area contributed by atoms with E-state index in [2.05, 4.69) is 11.8 Å². The van der Waals surface area contributed by atoms with Crippen molar-refractivity contribution in [3.8, 4) is 11.8 Å². The SMILES string of the molecule is CCC1CN(S(=O)(=O)c2ccc(C#CCN)cc2)CCO1. The molecule has 0 spiro atoms. The van der Waals surface area contributed by atoms with E-state index in [4.69, 9.17) is 10.5 Å². The maximum absolute atomic E-state index is 12.6. The first kappa shape index (κ1) is 16.0. The van der Waals surface area contributed by atoms with Crippen molar-refractivity contribution in [2.75, 3.05) is 26.2 Å². The van der Waals surface area contributed by atoms with E-state index >= 15 is 0 Å². The molecule has 0 amide bonds. The third-order valence-corrected chi connectivity index (χ3v) is 5.26. The van der Waals surface area contributed by atoms with Crippen LogP contribution in [0.5, 0.6) is 0 Å². The summed E-state index contributed by atoms with van der Waals surface area (Å²) in [5, 5.41) is 0. The quantitative estimate of drug-likeness (QED) is 0.838. The van der Waals surface area contributed by atoms with Crippen LogP contribution in [-0.4, -0.2) is 45.1 Å². The standard InChI is InChI=1S/C15H20N2O3S/c1-2-14-12-17(10-11-20-14)21(18,19)15-7-5-13(6-8-15)4-3-9-16/h5-8,14H,2,9-12,16H2,1H3. The maximum Gasteiger partial charge on any atom is 0.243 e. The molecule has 6 heteroatoms. The zero-order valence-electron chi connectivity index (χ0n) is 12.1. The minimum Gasteiger partial charge on any atom is -0.375 e. The summed E-state index contributed by atoms with van der Waals surface area (Å²) < 4.78 is 32.2. The highest BCUT2D eigenvalue weighted by Gasteiger charge is 2.29. The number of morpholine rings is 1. The lowest BCUT2D eigenvalue weighted by molar-refractivity contribution is -0.00277. The van der Waals surface area contributed by atoms with Crippen LogP contribution in [0.1, 0.15) is 18.9 Å². The molecule has 0 bridgehead atoms. The van der Waals surface area contributed by atoms with Crippen molar-refractivity contribution in [3.63, 3.8) is 0 Å². The van der Waals surface area contributed by atoms with E-state index in [9.17, 15) is 8.42 Å². The molecule has 1 unspecified atom stereocenters. The number of ether oxygens (including phenoxy) is 1. The molecule has 0 saturated carbocycles. The fourth-order valence-electron chi connectivity index (χ4n) is 2.17. The van der Waals surface area contributed by atoms with Crippen molar-refractivity contribution in [3.05, 3.63) is 29.8 Å². The van der Waals surface area contributed by atoms with Gasteiger partial charge in [0.2, 0.25) is 10.0 Å². The van der Waals surface area contributed by atoms with Gasteiger partial charge in [0.25, 0.3) is 0 Å². The van der Waals surface area contributed by atoms with Crippen LogP contribution in [0.3, 0.4) is 0 Å². The van der Waals surface area contributed by atoms with E-state index in [1.165, 1.54) is 4.31 Å². The molecule has 1 heterocycles. The van der Waals surface area contributed by atoms with Crippen molar-refractivity contribution in [2.24, 2.45) is 5.73 Å². The average Bonchev–Trinajstić information content (AvgIpc) is 2.53. The van der Waals surface area contributed by atoms with Gasteiger partial charge in [-0.15, -0.1) is 0 Å². The normalized spacial score (nSPS) is 19.8. The van der Waals surface area contributed by atoms with Gasteiger partial charge in [-0.25, -0.2) is 8.42 Å². The number of sulfonamides is 1. The van der Waals surface area contributed by atoms with Gasteiger partial charge < -0.3 is 10.5 Å². The van der Waals surface area contributed by atoms with Gasteiger partial charge in [-0.3, -0.25) is 0 Å². The highest BCUT2D eigenvalue weighted by Crippen LogP contribution is 2.20. The van der Waals surface area contributed by atoms with Gasteiger partial charge in [-0.2, -0.15) is 4.31 Å². The lowest BCUT2D eigenvalue weighted by Crippen LogP contribution is -2.45. The Morgan fingerprint density at radius 1 is 1.38 bits per heavy atom. The van der Waals surface area contributed by atoms with Crippen LogP contribution in [0.25, 0.3) is 0 Å². The van der Waals surface area contributed by atoms with Crippen LogP contribution >= 0.6 is 0 Å². The highest BCUT2D eigenvalue weighted by molar-refractivity contribution is 7.89. The van der Waals surface area contributed by atoms with Crippen LogP contribution < -0.4 is 5.73 Å². The number of nitrogens with two attached hydrogens (primary N) is 1. The number of benzene rings is 1. The zero-order chi connectivity index (χ0) is 15.3. The molecule has 1 aromatic rings. The molecule has 114 valence electrons. The minimum absolute atomic E-state index is 0.0248. The molecule has 1 atom stereocenters. The summed E-state index contributed by atoms with van der Waals surface area (Å²) in [5.74, 6) is 5.62. The van der Waals surface area contributed by atoms with E-state index < -0.39 is 10.0 Å². The molecular weight excluding hydrogens is 288 g/mol. The van der Waals surface area contributed by atoms with E-state index in [-0.39, 0.29) is 17.5 Å². The summed E-state index contributed by atoms with van der Waals surface area (Å²) in [6, 6.07) is 6.58. The Balaban J connectivity index is 2.19. The molecule has 1 aliphatic rings. The van der Waals surface area contributed by atoms with Crippen molar-refractivity contribution >= 4 is 10.0 Å². The number of nitrogens with zero attached hydrogens (tertiary/aromatic N) is 1. The Kier molecular flexibility index (Phi) is 5.37. The van der Waals surface area contributed by atoms with Crippen molar-refractivity contribution in [2.45, 2.75) is 24.3 Å². The molecule has 2 rings (SSSR count). The Morgan fingerprint density at radius 3 is 2.71 bits per heavy atom. The fourth-order valence-corrected chi connectivity index (χ4v) is 3.63. The Bertz CT molecular complexity index is 629. The molecule has 1 aliphatic heterocycles. The predicted octanol–water partition coefficient (Wildman–Crippen LogP) is 0.796. The number of rotatable bonds is 3. The largest absolute Gasteiger partial charge is 0.375 e. The topological polar surface area (TPSA) is 72.6 Å². The monoisotopic (exact) mass is 308 g/mol. The van der Waals surface area contributed by atoms with Gasteiger partial charge in [-0.1, -0.05) is 18.8 Å². The third kappa shape index (κ3) is 3.83. The summed E-state index contributed by atoms with van der Waals surface area (Å²) in [6.07, 6.45) is 0.780. The summed E-state index contributed by atoms with van der Waals surface area (Å²) in [4.78, 5) is 0.289. The van der Waals surface area contributed by atoms with Gasteiger partial charge in [0.1, 0.15) is 0 Å². The second kappa shape index (κ2) is 7.05. The van der Waals surface area contributed by atoms with Gasteiger partial charge in [0.15, 0.2) is 0 Å². The molecular formula is C15H20N2O3S. The summed E-state index contributed by atoms with van der Waals surface area (Å²) >= 11 is 0. The molecule has 0 aromatic heterocycles. The second-order valence-electron chi connectivity index (χ2n) is 4.79. The van der Waals surface area contributed by atoms with E-state index in [0.29, 0.717) is 19.7 Å². The van der Waals surface area contributed by atoms with Gasteiger partial charge in [-0.05, 0) is 30.7 Å². The van der Waals surface area contributed by atoms with E-state index in [1.54, 1.807) is 24.3 Å². The lowest BCUT2D eigenvalue weighted by Gasteiger charge is -2.31. The van der Waals surface area contributed by atoms with Crippen molar-refractivity contribution < 1.29 is 13.2 Å². The smallest absolute Gasteiger partial charge is 0.243 e. The summed E-state index contributed by atoms with van der Waals surface area (Å²) in [6.45, 7) is 3.52. The van der Waals surface area contributed by atoms with Crippen LogP contribution in [0, 0.1) is 11.8 Å². The molecule has 0 aliphatic carbocycles.